The topological polar surface area (TPSA) is 93.2 Å². The van der Waals surface area contributed by atoms with Gasteiger partial charge in [-0.05, 0) is 140 Å². The maximum absolute atomic E-state index is 14.1. The van der Waals surface area contributed by atoms with Crippen molar-refractivity contribution in [2.75, 3.05) is 4.90 Å². The summed E-state index contributed by atoms with van der Waals surface area (Å²) >= 11 is 0. The highest BCUT2D eigenvalue weighted by molar-refractivity contribution is 6.23. The zero-order valence-electron chi connectivity index (χ0n) is 35.4. The maximum Gasteiger partial charge on any atom is 0.237 e. The van der Waals surface area contributed by atoms with Crippen LogP contribution in [0.15, 0.2) is 97.1 Å². The smallest absolute Gasteiger partial charge is 0.237 e. The monoisotopic (exact) mass is 794 g/mol. The van der Waals surface area contributed by atoms with Gasteiger partial charge in [-0.2, -0.15) is 0 Å². The molecule has 8 unspecified atom stereocenters. The molecule has 4 aromatic rings. The van der Waals surface area contributed by atoms with Crippen LogP contribution in [0.3, 0.4) is 0 Å². The first-order chi connectivity index (χ1) is 28.4. The van der Waals surface area contributed by atoms with Crippen LogP contribution in [-0.2, 0) is 24.6 Å². The Labute approximate surface area is 349 Å². The number of ether oxygens (including phenoxy) is 2. The van der Waals surface area contributed by atoms with Crippen molar-refractivity contribution >= 4 is 29.3 Å². The summed E-state index contributed by atoms with van der Waals surface area (Å²) < 4.78 is 12.3. The standard InChI is InChI=1S/C51H58N2O6/c1-7-11-31-51(6,10-4)53-48(56)44-40-28-29-41(45(44)49(53)57)43-42(40)46(54)52(47(43)55)35-18-26-39(27-19-35)59-37-22-14-33(15-23-37)32-12-20-36(21-13-32)58-38-24-16-34(17-25-38)50(5,9-3)30-8-2/h12-27,40-45H,7-11,28-31H2,1-6H3. The van der Waals surface area contributed by atoms with Crippen molar-refractivity contribution in [2.45, 2.75) is 110 Å². The summed E-state index contributed by atoms with van der Waals surface area (Å²) in [4.78, 5) is 59.4. The number of hydrogen-bond donors (Lipinski definition) is 0. The van der Waals surface area contributed by atoms with Gasteiger partial charge in [-0.1, -0.05) is 90.3 Å². The van der Waals surface area contributed by atoms with Gasteiger partial charge in [0.1, 0.15) is 23.0 Å². The third-order valence-corrected chi connectivity index (χ3v) is 14.6. The first-order valence-electron chi connectivity index (χ1n) is 22.0. The second-order valence-corrected chi connectivity index (χ2v) is 17.9. The number of nitrogens with zero attached hydrogens (tertiary/aromatic N) is 2. The zero-order chi connectivity index (χ0) is 41.6. The predicted octanol–water partition coefficient (Wildman–Crippen LogP) is 11.5. The number of hydrogen-bond acceptors (Lipinski definition) is 6. The molecule has 0 N–H and O–H groups in total. The molecule has 8 atom stereocenters. The fourth-order valence-corrected chi connectivity index (χ4v) is 10.9. The number of unbranched alkanes of at least 4 members (excludes halogenated alkanes) is 1. The molecule has 8 heteroatoms. The average molecular weight is 795 g/mol. The number of likely N-dealkylation sites (tertiary alicyclic amines) is 1. The van der Waals surface area contributed by atoms with Crippen LogP contribution in [0.1, 0.15) is 105 Å². The van der Waals surface area contributed by atoms with E-state index in [2.05, 4.69) is 52.0 Å². The number of benzene rings is 4. The van der Waals surface area contributed by atoms with Gasteiger partial charge in [0.05, 0.1) is 29.4 Å². The Balaban J connectivity index is 0.902. The van der Waals surface area contributed by atoms with Crippen molar-refractivity contribution < 1.29 is 28.7 Å². The van der Waals surface area contributed by atoms with Crippen molar-refractivity contribution in [3.63, 3.8) is 0 Å². The van der Waals surface area contributed by atoms with E-state index in [1.807, 2.05) is 62.4 Å². The molecule has 2 bridgehead atoms. The van der Waals surface area contributed by atoms with Crippen LogP contribution in [0.4, 0.5) is 5.69 Å². The third-order valence-electron chi connectivity index (χ3n) is 14.6. The van der Waals surface area contributed by atoms with E-state index in [-0.39, 0.29) is 40.9 Å². The van der Waals surface area contributed by atoms with E-state index in [0.717, 1.165) is 61.2 Å². The number of carbonyl (C=O) groups is 4. The number of fused-ring (bicyclic) bond motifs is 1. The molecule has 0 spiro atoms. The van der Waals surface area contributed by atoms with Gasteiger partial charge in [0.25, 0.3) is 0 Å². The molecular weight excluding hydrogens is 737 g/mol. The number of rotatable bonds is 15. The summed E-state index contributed by atoms with van der Waals surface area (Å²) in [5.74, 6) is -0.777. The van der Waals surface area contributed by atoms with Crippen LogP contribution in [0.25, 0.3) is 11.1 Å². The van der Waals surface area contributed by atoms with Gasteiger partial charge in [-0.3, -0.25) is 29.0 Å². The van der Waals surface area contributed by atoms with E-state index in [1.165, 1.54) is 10.5 Å². The van der Waals surface area contributed by atoms with Crippen molar-refractivity contribution in [1.29, 1.82) is 0 Å². The molecule has 0 aromatic heterocycles. The van der Waals surface area contributed by atoms with Gasteiger partial charge in [0.2, 0.25) is 23.6 Å². The summed E-state index contributed by atoms with van der Waals surface area (Å²) in [5.41, 5.74) is 3.55. The lowest BCUT2D eigenvalue weighted by molar-refractivity contribution is -0.148. The second kappa shape index (κ2) is 16.1. The Bertz CT molecular complexity index is 2150. The SMILES string of the molecule is CCCCC(C)(CC)N1C(=O)C2C3CCC(C4C(=O)N(c5ccc(Oc6ccc(-c7ccc(Oc8ccc(C(C)(CC)CCC)cc8)cc7)cc6)cc5)C(=O)C34)C2C1=O. The molecule has 308 valence electrons. The Morgan fingerprint density at radius 1 is 0.525 bits per heavy atom. The van der Waals surface area contributed by atoms with E-state index in [9.17, 15) is 19.2 Å². The minimum atomic E-state index is -0.578. The summed E-state index contributed by atoms with van der Waals surface area (Å²) in [6, 6.07) is 31.4. The summed E-state index contributed by atoms with van der Waals surface area (Å²) in [6.45, 7) is 13.0. The van der Waals surface area contributed by atoms with E-state index >= 15 is 0 Å². The Morgan fingerprint density at radius 2 is 0.949 bits per heavy atom. The van der Waals surface area contributed by atoms with Crippen LogP contribution >= 0.6 is 0 Å². The highest BCUT2D eigenvalue weighted by atomic mass is 16.5. The molecule has 3 saturated carbocycles. The van der Waals surface area contributed by atoms with E-state index in [0.29, 0.717) is 36.4 Å². The highest BCUT2D eigenvalue weighted by Gasteiger charge is 2.71. The maximum atomic E-state index is 14.1. The molecule has 3 aliphatic carbocycles. The third kappa shape index (κ3) is 7.06. The number of amides is 4. The zero-order valence-corrected chi connectivity index (χ0v) is 35.4. The molecule has 2 heterocycles. The first kappa shape index (κ1) is 40.5. The molecule has 0 radical (unpaired) electrons. The van der Waals surface area contributed by atoms with Crippen molar-refractivity contribution in [2.24, 2.45) is 35.5 Å². The van der Waals surface area contributed by atoms with Gasteiger partial charge in [0, 0.05) is 5.54 Å². The van der Waals surface area contributed by atoms with Crippen LogP contribution in [0, 0.1) is 35.5 Å². The molecule has 5 aliphatic rings. The molecule has 2 saturated heterocycles. The summed E-state index contributed by atoms with van der Waals surface area (Å²) in [5, 5.41) is 0. The van der Waals surface area contributed by atoms with Crippen molar-refractivity contribution in [3.05, 3.63) is 103 Å². The van der Waals surface area contributed by atoms with Gasteiger partial charge in [0.15, 0.2) is 0 Å². The normalized spacial score (nSPS) is 25.5. The second-order valence-electron chi connectivity index (χ2n) is 17.9. The molecule has 8 nitrogen and oxygen atoms in total. The van der Waals surface area contributed by atoms with Crippen LogP contribution in [-0.4, -0.2) is 34.1 Å². The van der Waals surface area contributed by atoms with Gasteiger partial charge < -0.3 is 9.47 Å². The van der Waals surface area contributed by atoms with Crippen molar-refractivity contribution in [1.82, 2.24) is 4.90 Å². The first-order valence-corrected chi connectivity index (χ1v) is 22.0. The lowest BCUT2D eigenvalue weighted by Gasteiger charge is -2.48. The van der Waals surface area contributed by atoms with E-state index in [1.54, 1.807) is 29.2 Å². The number of anilines is 1. The molecular formula is C51H58N2O6. The fraction of sp³-hybridized carbons (Fsp3) is 0.451. The minimum absolute atomic E-state index is 0.135. The van der Waals surface area contributed by atoms with E-state index < -0.39 is 29.2 Å². The molecule has 59 heavy (non-hydrogen) atoms. The van der Waals surface area contributed by atoms with E-state index in [4.69, 9.17) is 9.47 Å². The minimum Gasteiger partial charge on any atom is -0.457 e. The largest absolute Gasteiger partial charge is 0.457 e. The average Bonchev–Trinajstić information content (AvgIpc) is 3.70. The van der Waals surface area contributed by atoms with Crippen LogP contribution in [0.5, 0.6) is 23.0 Å². The lowest BCUT2D eigenvalue weighted by atomic mass is 9.51. The number of carbonyl (C=O) groups excluding carboxylic acids is 4. The summed E-state index contributed by atoms with van der Waals surface area (Å²) in [7, 11) is 0. The molecule has 4 amide bonds. The fourth-order valence-electron chi connectivity index (χ4n) is 10.9. The van der Waals surface area contributed by atoms with Gasteiger partial charge >= 0.3 is 0 Å². The van der Waals surface area contributed by atoms with Crippen LogP contribution in [0.2, 0.25) is 0 Å². The molecule has 2 aliphatic heterocycles. The van der Waals surface area contributed by atoms with Crippen molar-refractivity contribution in [3.8, 4) is 34.1 Å². The predicted molar refractivity (Wildman–Crippen MR) is 230 cm³/mol. The molecule has 5 fully saturated rings. The molecule has 4 aromatic carbocycles. The highest BCUT2D eigenvalue weighted by Crippen LogP contribution is 2.61. The number of imide groups is 2. The Kier molecular flexibility index (Phi) is 11.0. The van der Waals surface area contributed by atoms with Crippen LogP contribution < -0.4 is 14.4 Å². The van der Waals surface area contributed by atoms with Gasteiger partial charge in [-0.15, -0.1) is 0 Å². The molecule has 9 rings (SSSR count). The lowest BCUT2D eigenvalue weighted by Crippen LogP contribution is -2.53. The Morgan fingerprint density at radius 3 is 1.36 bits per heavy atom. The quantitative estimate of drug-likeness (QED) is 0.111. The van der Waals surface area contributed by atoms with Gasteiger partial charge in [-0.25, -0.2) is 0 Å². The Hall–Kier alpha value is -5.24. The summed E-state index contributed by atoms with van der Waals surface area (Å²) in [6.07, 6.45) is 8.14.